The van der Waals surface area contributed by atoms with Crippen LogP contribution in [0.25, 0.3) is 33.4 Å². The normalized spacial score (nSPS) is 11.0. The van der Waals surface area contributed by atoms with Crippen LogP contribution in [0.5, 0.6) is 0 Å². The third-order valence-electron chi connectivity index (χ3n) is 7.16. The summed E-state index contributed by atoms with van der Waals surface area (Å²) in [6, 6.07) is 22.4. The molecule has 0 aromatic heterocycles. The summed E-state index contributed by atoms with van der Waals surface area (Å²) < 4.78 is 8.31. The van der Waals surface area contributed by atoms with E-state index in [-0.39, 0.29) is 23.2 Å². The van der Waals surface area contributed by atoms with E-state index in [1.54, 1.807) is 24.3 Å². The zero-order chi connectivity index (χ0) is 30.1. The highest BCUT2D eigenvalue weighted by molar-refractivity contribution is 6.09. The molecule has 0 saturated heterocycles. The summed E-state index contributed by atoms with van der Waals surface area (Å²) in [5, 5.41) is 23.8. The van der Waals surface area contributed by atoms with Crippen LogP contribution in [0.3, 0.4) is 0 Å². The molecule has 5 rings (SSSR count). The molecule has 9 heteroatoms. The number of benzene rings is 4. The van der Waals surface area contributed by atoms with E-state index in [2.05, 4.69) is 5.32 Å². The Balaban J connectivity index is 1.60. The number of carboxylic acids is 2. The molecular formula is C33H30N3O6+. The van der Waals surface area contributed by atoms with Crippen molar-refractivity contribution >= 4 is 34.5 Å². The first kappa shape index (κ1) is 28.1. The van der Waals surface area contributed by atoms with Crippen molar-refractivity contribution in [2.45, 2.75) is 6.54 Å². The number of rotatable bonds is 7. The maximum Gasteiger partial charge on any atom is 0.336 e. The second kappa shape index (κ2) is 11.2. The average Bonchev–Trinajstić information content (AvgIpc) is 2.97. The standard InChI is InChI=1S/C33H29N3O6/c1-35(2)22-10-13-25-28(16-22)42-29-17-23(36(3)4)11-14-26(29)30(25)24-12-9-21(15-27(24)33(40)41)31(37)34-18-19-5-7-20(8-6-19)32(38)39/h5-17H,18H2,1-4H3,(H2-,34,37,38,39,40,41)/p+1. The largest absolute Gasteiger partial charge is 0.478 e. The van der Waals surface area contributed by atoms with E-state index in [1.165, 1.54) is 18.2 Å². The molecule has 0 unspecified atom stereocenters. The number of nitrogens with one attached hydrogen (secondary N) is 1. The van der Waals surface area contributed by atoms with Gasteiger partial charge in [0.15, 0.2) is 0 Å². The summed E-state index contributed by atoms with van der Waals surface area (Å²) in [5.74, 6) is -2.04. The van der Waals surface area contributed by atoms with Gasteiger partial charge >= 0.3 is 11.9 Å². The molecule has 42 heavy (non-hydrogen) atoms. The molecule has 1 amide bonds. The lowest BCUT2D eigenvalue weighted by molar-refractivity contribution is 0.0686. The molecule has 1 aliphatic heterocycles. The third kappa shape index (κ3) is 5.44. The van der Waals surface area contributed by atoms with Gasteiger partial charge in [0, 0.05) is 60.5 Å². The second-order valence-electron chi connectivity index (χ2n) is 10.4. The fourth-order valence-corrected chi connectivity index (χ4v) is 4.84. The SMILES string of the molecule is CN(C)c1ccc2c(-c3ccc(C(=O)NCc4ccc(C(=O)O)cc4)cc3C(=O)O)c3ccc(=[N+](C)C)cc-3oc2c1. The van der Waals surface area contributed by atoms with Crippen molar-refractivity contribution in [3.8, 4) is 22.5 Å². The van der Waals surface area contributed by atoms with E-state index in [4.69, 9.17) is 9.52 Å². The minimum Gasteiger partial charge on any atom is -0.478 e. The Hall–Kier alpha value is -5.44. The fourth-order valence-electron chi connectivity index (χ4n) is 4.84. The lowest BCUT2D eigenvalue weighted by atomic mass is 9.89. The Labute approximate surface area is 241 Å². The van der Waals surface area contributed by atoms with Crippen LogP contribution in [0.4, 0.5) is 5.69 Å². The molecule has 1 aliphatic carbocycles. The van der Waals surface area contributed by atoms with Crippen LogP contribution in [0, 0.1) is 0 Å². The van der Waals surface area contributed by atoms with Crippen molar-refractivity contribution in [1.29, 1.82) is 0 Å². The molecule has 0 radical (unpaired) electrons. The maximum absolute atomic E-state index is 13.0. The van der Waals surface area contributed by atoms with E-state index >= 15 is 0 Å². The highest BCUT2D eigenvalue weighted by Gasteiger charge is 2.23. The summed E-state index contributed by atoms with van der Waals surface area (Å²) >= 11 is 0. The second-order valence-corrected chi connectivity index (χ2v) is 10.4. The Morgan fingerprint density at radius 3 is 2.14 bits per heavy atom. The minimum absolute atomic E-state index is 0.0179. The van der Waals surface area contributed by atoms with Crippen LogP contribution in [0.1, 0.15) is 36.6 Å². The number of carbonyl (C=O) groups excluding carboxylic acids is 1. The first-order chi connectivity index (χ1) is 20.0. The van der Waals surface area contributed by atoms with Crippen LogP contribution in [-0.4, -0.2) is 56.2 Å². The van der Waals surface area contributed by atoms with Gasteiger partial charge in [-0.15, -0.1) is 0 Å². The molecule has 1 heterocycles. The summed E-state index contributed by atoms with van der Waals surface area (Å²) in [6.07, 6.45) is 0. The molecule has 0 saturated carbocycles. The van der Waals surface area contributed by atoms with Crippen LogP contribution in [0.2, 0.25) is 0 Å². The molecule has 0 fully saturated rings. The molecule has 3 aromatic carbocycles. The molecular weight excluding hydrogens is 534 g/mol. The Kier molecular flexibility index (Phi) is 7.50. The van der Waals surface area contributed by atoms with Crippen molar-refractivity contribution in [3.63, 3.8) is 0 Å². The Bertz CT molecular complexity index is 1900. The average molecular weight is 565 g/mol. The topological polar surface area (TPSA) is 123 Å². The van der Waals surface area contributed by atoms with E-state index in [0.29, 0.717) is 28.0 Å². The predicted molar refractivity (Wildman–Crippen MR) is 161 cm³/mol. The van der Waals surface area contributed by atoms with Crippen molar-refractivity contribution in [2.24, 2.45) is 0 Å². The van der Waals surface area contributed by atoms with Gasteiger partial charge in [0.2, 0.25) is 5.36 Å². The summed E-state index contributed by atoms with van der Waals surface area (Å²) in [7, 11) is 7.74. The molecule has 212 valence electrons. The molecule has 3 N–H and O–H groups in total. The van der Waals surface area contributed by atoms with Gasteiger partial charge < -0.3 is 24.8 Å². The summed E-state index contributed by atoms with van der Waals surface area (Å²) in [6.45, 7) is 0.154. The number of aromatic carboxylic acids is 2. The molecule has 0 spiro atoms. The number of carboxylic acid groups (broad SMARTS) is 2. The van der Waals surface area contributed by atoms with Crippen molar-refractivity contribution in [2.75, 3.05) is 33.1 Å². The lowest BCUT2D eigenvalue weighted by Gasteiger charge is -2.19. The van der Waals surface area contributed by atoms with Gasteiger partial charge in [-0.05, 0) is 53.6 Å². The van der Waals surface area contributed by atoms with Gasteiger partial charge in [0.05, 0.1) is 17.2 Å². The Morgan fingerprint density at radius 1 is 0.810 bits per heavy atom. The van der Waals surface area contributed by atoms with Gasteiger partial charge in [-0.1, -0.05) is 18.2 Å². The molecule has 9 nitrogen and oxygen atoms in total. The fraction of sp³-hybridized carbons (Fsp3) is 0.152. The highest BCUT2D eigenvalue weighted by atomic mass is 16.4. The number of hydrogen-bond acceptors (Lipinski definition) is 5. The molecule has 0 bridgehead atoms. The first-order valence-electron chi connectivity index (χ1n) is 13.2. The van der Waals surface area contributed by atoms with Crippen molar-refractivity contribution < 1.29 is 29.0 Å². The van der Waals surface area contributed by atoms with E-state index in [1.807, 2.05) is 74.1 Å². The number of amides is 1. The molecule has 0 atom stereocenters. The highest BCUT2D eigenvalue weighted by Crippen LogP contribution is 2.42. The number of hydrogen-bond donors (Lipinski definition) is 3. The van der Waals surface area contributed by atoms with Gasteiger partial charge in [-0.3, -0.25) is 4.79 Å². The van der Waals surface area contributed by atoms with Crippen LogP contribution in [-0.2, 0) is 6.54 Å². The minimum atomic E-state index is -1.17. The van der Waals surface area contributed by atoms with Crippen LogP contribution in [0.15, 0.2) is 83.3 Å². The summed E-state index contributed by atoms with van der Waals surface area (Å²) in [5.41, 5.74) is 4.48. The van der Waals surface area contributed by atoms with Crippen molar-refractivity contribution in [3.05, 3.63) is 106 Å². The molecule has 2 aliphatic rings. The number of nitrogens with zero attached hydrogens (tertiary/aromatic N) is 2. The van der Waals surface area contributed by atoms with Crippen molar-refractivity contribution in [1.82, 2.24) is 9.89 Å². The van der Waals surface area contributed by atoms with E-state index in [9.17, 15) is 19.5 Å². The third-order valence-corrected chi connectivity index (χ3v) is 7.16. The monoisotopic (exact) mass is 564 g/mol. The number of carbonyl (C=O) groups is 3. The molecule has 3 aromatic rings. The number of anilines is 1. The number of fused-ring (bicyclic) bond motifs is 2. The Morgan fingerprint density at radius 2 is 1.50 bits per heavy atom. The van der Waals surface area contributed by atoms with E-state index < -0.39 is 17.8 Å². The zero-order valence-corrected chi connectivity index (χ0v) is 23.6. The smallest absolute Gasteiger partial charge is 0.336 e. The predicted octanol–water partition coefficient (Wildman–Crippen LogP) is 4.63. The summed E-state index contributed by atoms with van der Waals surface area (Å²) in [4.78, 5) is 38.6. The van der Waals surface area contributed by atoms with Gasteiger partial charge in [0.1, 0.15) is 25.4 Å². The quantitative estimate of drug-likeness (QED) is 0.195. The van der Waals surface area contributed by atoms with Gasteiger partial charge in [0.25, 0.3) is 5.91 Å². The van der Waals surface area contributed by atoms with E-state index in [0.717, 1.165) is 22.0 Å². The zero-order valence-electron chi connectivity index (χ0n) is 23.6. The van der Waals surface area contributed by atoms with Gasteiger partial charge in [-0.25, -0.2) is 14.2 Å². The van der Waals surface area contributed by atoms with Crippen LogP contribution >= 0.6 is 0 Å². The maximum atomic E-state index is 13.0. The van der Waals surface area contributed by atoms with Crippen LogP contribution < -0.4 is 20.1 Å². The first-order valence-corrected chi connectivity index (χ1v) is 13.2. The lowest BCUT2D eigenvalue weighted by Crippen LogP contribution is -2.23. The van der Waals surface area contributed by atoms with Gasteiger partial charge in [-0.2, -0.15) is 0 Å².